The zero-order chi connectivity index (χ0) is 28.1. The van der Waals surface area contributed by atoms with Crippen LogP contribution in [0.5, 0.6) is 11.5 Å². The molecule has 1 saturated heterocycles. The molecule has 1 atom stereocenters. The van der Waals surface area contributed by atoms with E-state index in [0.29, 0.717) is 23.1 Å². The summed E-state index contributed by atoms with van der Waals surface area (Å²) in [7, 11) is -1.19. The largest absolute Gasteiger partial charge is 0.493 e. The number of halogens is 3. The third kappa shape index (κ3) is 6.95. The van der Waals surface area contributed by atoms with Crippen molar-refractivity contribution in [1.29, 1.82) is 0 Å². The molecule has 2 aromatic rings. The van der Waals surface area contributed by atoms with Crippen LogP contribution in [0.4, 0.5) is 13.2 Å². The molecule has 1 aliphatic heterocycles. The zero-order valence-corrected chi connectivity index (χ0v) is 22.0. The average molecular weight is 558 g/mol. The van der Waals surface area contributed by atoms with Gasteiger partial charge in [-0.15, -0.1) is 0 Å². The van der Waals surface area contributed by atoms with E-state index in [1.165, 1.54) is 21.1 Å². The fraction of sp³-hybridized carbons (Fsp3) is 0.440. The number of alkyl halides is 3. The number of hydrogen-bond donors (Lipinski definition) is 2. The van der Waals surface area contributed by atoms with Crippen molar-refractivity contribution in [3.63, 3.8) is 0 Å². The number of nitrogens with one attached hydrogen (secondary N) is 2. The fourth-order valence-electron chi connectivity index (χ4n) is 4.31. The number of benzene rings is 2. The first-order valence-corrected chi connectivity index (χ1v) is 13.3. The molecule has 0 spiro atoms. The number of sulfonamides is 1. The highest BCUT2D eigenvalue weighted by Crippen LogP contribution is 2.33. The van der Waals surface area contributed by atoms with Gasteiger partial charge in [-0.1, -0.05) is 18.2 Å². The van der Waals surface area contributed by atoms with Crippen LogP contribution in [0.1, 0.15) is 30.9 Å². The van der Waals surface area contributed by atoms with Gasteiger partial charge in [0.1, 0.15) is 6.04 Å². The van der Waals surface area contributed by atoms with E-state index in [9.17, 15) is 31.2 Å². The normalized spacial score (nSPS) is 15.9. The van der Waals surface area contributed by atoms with E-state index in [4.69, 9.17) is 9.47 Å². The van der Waals surface area contributed by atoms with Gasteiger partial charge in [-0.3, -0.25) is 9.59 Å². The molecule has 0 saturated carbocycles. The summed E-state index contributed by atoms with van der Waals surface area (Å²) in [4.78, 5) is 24.5. The van der Waals surface area contributed by atoms with Gasteiger partial charge in [0.05, 0.1) is 24.7 Å². The molecule has 1 heterocycles. The topological polar surface area (TPSA) is 114 Å². The summed E-state index contributed by atoms with van der Waals surface area (Å²) in [6.07, 6.45) is -4.05. The second kappa shape index (κ2) is 12.0. The van der Waals surface area contributed by atoms with E-state index < -0.39 is 44.5 Å². The lowest BCUT2D eigenvalue weighted by Crippen LogP contribution is -2.53. The minimum atomic E-state index is -4.66. The summed E-state index contributed by atoms with van der Waals surface area (Å²) in [5.74, 6) is 0.0471. The van der Waals surface area contributed by atoms with E-state index in [1.807, 2.05) is 0 Å². The first-order valence-electron chi connectivity index (χ1n) is 11.8. The molecule has 208 valence electrons. The molecule has 1 fully saturated rings. The number of methoxy groups -OCH3 is 2. The molecule has 1 aliphatic rings. The molecule has 0 aliphatic carbocycles. The van der Waals surface area contributed by atoms with Gasteiger partial charge >= 0.3 is 6.18 Å². The Bertz CT molecular complexity index is 1260. The highest BCUT2D eigenvalue weighted by molar-refractivity contribution is 7.89. The van der Waals surface area contributed by atoms with Gasteiger partial charge in [-0.25, -0.2) is 8.42 Å². The standard InChI is InChI=1S/C25H30F3N3O6S/c1-16(32)29-21(14-17-6-4-9-22(36-2)23(17)37-3)24(33)30-19-10-12-31(13-11-19)38(34,35)20-8-5-7-18(15-20)25(26,27)28/h4-9,15,19,21H,10-14H2,1-3H3,(H,29,32)(H,30,33). The van der Waals surface area contributed by atoms with Crippen molar-refractivity contribution in [3.8, 4) is 11.5 Å². The van der Waals surface area contributed by atoms with E-state index in [-0.39, 0.29) is 38.4 Å². The molecule has 13 heteroatoms. The molecular weight excluding hydrogens is 527 g/mol. The molecule has 0 bridgehead atoms. The van der Waals surface area contributed by atoms with Crippen molar-refractivity contribution in [2.24, 2.45) is 0 Å². The van der Waals surface area contributed by atoms with Gasteiger partial charge in [0.15, 0.2) is 11.5 Å². The number of amides is 2. The van der Waals surface area contributed by atoms with Crippen molar-refractivity contribution >= 4 is 21.8 Å². The van der Waals surface area contributed by atoms with Crippen molar-refractivity contribution in [3.05, 3.63) is 53.6 Å². The Morgan fingerprint density at radius 1 is 1.08 bits per heavy atom. The number of para-hydroxylation sites is 1. The Hall–Kier alpha value is -3.32. The predicted molar refractivity (Wildman–Crippen MR) is 132 cm³/mol. The van der Waals surface area contributed by atoms with Crippen molar-refractivity contribution in [1.82, 2.24) is 14.9 Å². The zero-order valence-electron chi connectivity index (χ0n) is 21.2. The molecule has 2 aromatic carbocycles. The summed E-state index contributed by atoms with van der Waals surface area (Å²) in [6, 6.07) is 7.49. The van der Waals surface area contributed by atoms with E-state index in [0.717, 1.165) is 22.5 Å². The van der Waals surface area contributed by atoms with Crippen LogP contribution in [0.15, 0.2) is 47.4 Å². The molecular formula is C25H30F3N3O6S. The van der Waals surface area contributed by atoms with Crippen LogP contribution in [0.2, 0.25) is 0 Å². The average Bonchev–Trinajstić information content (AvgIpc) is 2.87. The fourth-order valence-corrected chi connectivity index (χ4v) is 5.83. The maximum atomic E-state index is 13.1. The first-order chi connectivity index (χ1) is 17.9. The van der Waals surface area contributed by atoms with Crippen LogP contribution in [-0.2, 0) is 32.2 Å². The molecule has 9 nitrogen and oxygen atoms in total. The minimum absolute atomic E-state index is 0.0119. The number of nitrogens with zero attached hydrogens (tertiary/aromatic N) is 1. The van der Waals surface area contributed by atoms with Crippen LogP contribution in [-0.4, -0.2) is 63.9 Å². The quantitative estimate of drug-likeness (QED) is 0.490. The van der Waals surface area contributed by atoms with Gasteiger partial charge in [0.2, 0.25) is 21.8 Å². The SMILES string of the molecule is COc1cccc(CC(NC(C)=O)C(=O)NC2CCN(S(=O)(=O)c3cccc(C(F)(F)F)c3)CC2)c1OC. The number of rotatable bonds is 9. The van der Waals surface area contributed by atoms with Crippen molar-refractivity contribution < 1.29 is 40.7 Å². The number of carbonyl (C=O) groups is 2. The molecule has 2 amide bonds. The Morgan fingerprint density at radius 2 is 1.74 bits per heavy atom. The summed E-state index contributed by atoms with van der Waals surface area (Å²) >= 11 is 0. The van der Waals surface area contributed by atoms with Gasteiger partial charge in [0.25, 0.3) is 0 Å². The lowest BCUT2D eigenvalue weighted by atomic mass is 10.0. The van der Waals surface area contributed by atoms with E-state index in [1.54, 1.807) is 18.2 Å². The summed E-state index contributed by atoms with van der Waals surface area (Å²) in [6.45, 7) is 1.32. The third-order valence-electron chi connectivity index (χ3n) is 6.20. The predicted octanol–water partition coefficient (Wildman–Crippen LogP) is 2.74. The molecule has 3 rings (SSSR count). The number of piperidine rings is 1. The van der Waals surface area contributed by atoms with Gasteiger partial charge in [-0.05, 0) is 37.1 Å². The lowest BCUT2D eigenvalue weighted by Gasteiger charge is -2.32. The molecule has 0 radical (unpaired) electrons. The smallest absolute Gasteiger partial charge is 0.416 e. The van der Waals surface area contributed by atoms with Crippen LogP contribution in [0.3, 0.4) is 0 Å². The Labute approximate surface area is 219 Å². The highest BCUT2D eigenvalue weighted by Gasteiger charge is 2.35. The third-order valence-corrected chi connectivity index (χ3v) is 8.10. The minimum Gasteiger partial charge on any atom is -0.493 e. The van der Waals surface area contributed by atoms with Crippen LogP contribution < -0.4 is 20.1 Å². The first kappa shape index (κ1) is 29.2. The number of hydrogen-bond acceptors (Lipinski definition) is 6. The molecule has 2 N–H and O–H groups in total. The number of carbonyl (C=O) groups excluding carboxylic acids is 2. The maximum absolute atomic E-state index is 13.1. The van der Waals surface area contributed by atoms with Gasteiger partial charge < -0.3 is 20.1 Å². The van der Waals surface area contributed by atoms with Gasteiger partial charge in [-0.2, -0.15) is 17.5 Å². The second-order valence-electron chi connectivity index (χ2n) is 8.82. The number of ether oxygens (including phenoxy) is 2. The maximum Gasteiger partial charge on any atom is 0.416 e. The Kier molecular flexibility index (Phi) is 9.26. The highest BCUT2D eigenvalue weighted by atomic mass is 32.2. The van der Waals surface area contributed by atoms with E-state index >= 15 is 0 Å². The van der Waals surface area contributed by atoms with Gasteiger partial charge in [0, 0.05) is 38.0 Å². The molecule has 1 unspecified atom stereocenters. The summed E-state index contributed by atoms with van der Waals surface area (Å²) in [5, 5.41) is 5.49. The summed E-state index contributed by atoms with van der Waals surface area (Å²) < 4.78 is 76.8. The second-order valence-corrected chi connectivity index (χ2v) is 10.8. The van der Waals surface area contributed by atoms with Crippen LogP contribution in [0, 0.1) is 0 Å². The monoisotopic (exact) mass is 557 g/mol. The Balaban J connectivity index is 1.67. The molecule has 38 heavy (non-hydrogen) atoms. The lowest BCUT2D eigenvalue weighted by molar-refractivity contribution is -0.137. The van der Waals surface area contributed by atoms with Crippen molar-refractivity contribution in [2.75, 3.05) is 27.3 Å². The van der Waals surface area contributed by atoms with Crippen LogP contribution in [0.25, 0.3) is 0 Å². The van der Waals surface area contributed by atoms with E-state index in [2.05, 4.69) is 10.6 Å². The molecule has 0 aromatic heterocycles. The van der Waals surface area contributed by atoms with Crippen LogP contribution >= 0.6 is 0 Å². The Morgan fingerprint density at radius 3 is 2.32 bits per heavy atom. The van der Waals surface area contributed by atoms with Crippen molar-refractivity contribution in [2.45, 2.75) is 49.3 Å². The summed E-state index contributed by atoms with van der Waals surface area (Å²) in [5.41, 5.74) is -0.403.